The second kappa shape index (κ2) is 9.83. The molecule has 0 atom stereocenters. The third-order valence-electron chi connectivity index (χ3n) is 5.77. The van der Waals surface area contributed by atoms with Crippen LogP contribution >= 0.6 is 0 Å². The van der Waals surface area contributed by atoms with Gasteiger partial charge in [0.1, 0.15) is 23.5 Å². The first-order valence-corrected chi connectivity index (χ1v) is 11.6. The average Bonchev–Trinajstić information content (AvgIpc) is 3.39. The SMILES string of the molecule is CC(C)n1cnnc1-c1cccc(Nc2cccc3[nH]c(C(=O)NCc4ccccc4)cc(=O)c23)n1. The number of H-pyrrole nitrogens is 1. The van der Waals surface area contributed by atoms with E-state index in [-0.39, 0.29) is 23.1 Å². The molecule has 0 fully saturated rings. The molecule has 5 rings (SSSR count). The van der Waals surface area contributed by atoms with Crippen LogP contribution in [-0.4, -0.2) is 30.6 Å². The Hall–Kier alpha value is -4.79. The molecule has 0 unspecified atom stereocenters. The molecule has 0 radical (unpaired) electrons. The van der Waals surface area contributed by atoms with Crippen LogP contribution in [0.15, 0.2) is 83.9 Å². The number of anilines is 2. The minimum absolute atomic E-state index is 0.184. The highest BCUT2D eigenvalue weighted by Crippen LogP contribution is 2.25. The maximum absolute atomic E-state index is 13.1. The lowest BCUT2D eigenvalue weighted by Gasteiger charge is -2.12. The summed E-state index contributed by atoms with van der Waals surface area (Å²) in [7, 11) is 0. The molecule has 0 saturated heterocycles. The standard InChI is InChI=1S/C27H25N7O2/c1-17(2)34-16-29-33-26(34)21-12-7-13-24(32-21)31-20-11-6-10-19-25(20)23(35)14-22(30-19)27(36)28-15-18-8-4-3-5-9-18/h3-14,16-17H,15H2,1-2H3,(H,28,36)(H,30,35)(H,31,32). The Balaban J connectivity index is 1.42. The number of amides is 1. The molecule has 3 heterocycles. The number of aromatic nitrogens is 5. The van der Waals surface area contributed by atoms with E-state index in [1.54, 1.807) is 18.5 Å². The Labute approximate surface area is 207 Å². The van der Waals surface area contributed by atoms with Crippen LogP contribution in [0.5, 0.6) is 0 Å². The Morgan fingerprint density at radius 3 is 2.64 bits per heavy atom. The number of hydrogen-bond donors (Lipinski definition) is 3. The van der Waals surface area contributed by atoms with Crippen LogP contribution in [0.1, 0.15) is 35.9 Å². The van der Waals surface area contributed by atoms with Crippen molar-refractivity contribution in [2.75, 3.05) is 5.32 Å². The molecule has 0 aliphatic carbocycles. The summed E-state index contributed by atoms with van der Waals surface area (Å²) in [5.74, 6) is 0.873. The number of pyridine rings is 2. The first-order valence-electron chi connectivity index (χ1n) is 11.6. The van der Waals surface area contributed by atoms with Gasteiger partial charge in [-0.25, -0.2) is 4.98 Å². The Morgan fingerprint density at radius 2 is 1.83 bits per heavy atom. The normalized spacial score (nSPS) is 11.1. The highest BCUT2D eigenvalue weighted by molar-refractivity contribution is 5.98. The lowest BCUT2D eigenvalue weighted by atomic mass is 10.1. The molecule has 36 heavy (non-hydrogen) atoms. The third-order valence-corrected chi connectivity index (χ3v) is 5.77. The van der Waals surface area contributed by atoms with Crippen LogP contribution in [-0.2, 0) is 6.54 Å². The van der Waals surface area contributed by atoms with Gasteiger partial charge in [-0.3, -0.25) is 9.59 Å². The molecule has 0 aliphatic rings. The van der Waals surface area contributed by atoms with Gasteiger partial charge >= 0.3 is 0 Å². The predicted molar refractivity (Wildman–Crippen MR) is 139 cm³/mol. The molecule has 0 aliphatic heterocycles. The fraction of sp³-hybridized carbons (Fsp3) is 0.148. The summed E-state index contributed by atoms with van der Waals surface area (Å²) in [6, 6.07) is 22.0. The van der Waals surface area contributed by atoms with Gasteiger partial charge in [-0.15, -0.1) is 10.2 Å². The molecule has 180 valence electrons. The molecule has 0 bridgehead atoms. The van der Waals surface area contributed by atoms with Crippen LogP contribution in [0.3, 0.4) is 0 Å². The third kappa shape index (κ3) is 4.72. The molecule has 2 aromatic carbocycles. The topological polar surface area (TPSA) is 118 Å². The number of carbonyl (C=O) groups is 1. The van der Waals surface area contributed by atoms with Gasteiger partial charge in [0, 0.05) is 18.7 Å². The number of hydrogen-bond acceptors (Lipinski definition) is 6. The van der Waals surface area contributed by atoms with Gasteiger partial charge < -0.3 is 20.2 Å². The Morgan fingerprint density at radius 1 is 1.03 bits per heavy atom. The van der Waals surface area contributed by atoms with Gasteiger partial charge in [0.2, 0.25) is 0 Å². The number of fused-ring (bicyclic) bond motifs is 1. The Bertz CT molecular complexity index is 1590. The van der Waals surface area contributed by atoms with E-state index in [1.807, 2.05) is 73.0 Å². The van der Waals surface area contributed by atoms with Crippen LogP contribution in [0.4, 0.5) is 11.5 Å². The van der Waals surface area contributed by atoms with E-state index in [4.69, 9.17) is 0 Å². The maximum Gasteiger partial charge on any atom is 0.268 e. The lowest BCUT2D eigenvalue weighted by molar-refractivity contribution is 0.0946. The second-order valence-electron chi connectivity index (χ2n) is 8.63. The maximum atomic E-state index is 13.1. The minimum atomic E-state index is -0.347. The van der Waals surface area contributed by atoms with Crippen molar-refractivity contribution in [3.8, 4) is 11.5 Å². The zero-order valence-electron chi connectivity index (χ0n) is 19.9. The molecular formula is C27H25N7O2. The largest absolute Gasteiger partial charge is 0.350 e. The van der Waals surface area contributed by atoms with E-state index < -0.39 is 0 Å². The first kappa shape index (κ1) is 23.0. The molecule has 0 spiro atoms. The van der Waals surface area contributed by atoms with Gasteiger partial charge in [-0.2, -0.15) is 0 Å². The van der Waals surface area contributed by atoms with Gasteiger partial charge in [-0.05, 0) is 43.7 Å². The summed E-state index contributed by atoms with van der Waals surface area (Å²) >= 11 is 0. The molecular weight excluding hydrogens is 454 g/mol. The quantitative estimate of drug-likeness (QED) is 0.318. The lowest BCUT2D eigenvalue weighted by Crippen LogP contribution is -2.25. The number of rotatable bonds is 7. The molecule has 0 saturated carbocycles. The molecule has 1 amide bonds. The predicted octanol–water partition coefficient (Wildman–Crippen LogP) is 4.44. The molecule has 5 aromatic rings. The van der Waals surface area contributed by atoms with E-state index in [0.717, 1.165) is 5.56 Å². The van der Waals surface area contributed by atoms with Gasteiger partial charge in [0.25, 0.3) is 5.91 Å². The fourth-order valence-corrected chi connectivity index (χ4v) is 3.98. The van der Waals surface area contributed by atoms with Crippen molar-refractivity contribution in [2.45, 2.75) is 26.4 Å². The molecule has 9 nitrogen and oxygen atoms in total. The van der Waals surface area contributed by atoms with Gasteiger partial charge in [0.15, 0.2) is 11.3 Å². The molecule has 3 aromatic heterocycles. The summed E-state index contributed by atoms with van der Waals surface area (Å²) < 4.78 is 1.94. The highest BCUT2D eigenvalue weighted by atomic mass is 16.2. The van der Waals surface area contributed by atoms with E-state index in [2.05, 4.69) is 30.8 Å². The van der Waals surface area contributed by atoms with E-state index in [9.17, 15) is 9.59 Å². The van der Waals surface area contributed by atoms with Crippen molar-refractivity contribution in [1.29, 1.82) is 0 Å². The van der Waals surface area contributed by atoms with Crippen molar-refractivity contribution in [3.63, 3.8) is 0 Å². The average molecular weight is 480 g/mol. The zero-order chi connectivity index (χ0) is 25.1. The Kier molecular flexibility index (Phi) is 6.27. The van der Waals surface area contributed by atoms with E-state index in [1.165, 1.54) is 6.07 Å². The van der Waals surface area contributed by atoms with Crippen molar-refractivity contribution in [2.24, 2.45) is 0 Å². The van der Waals surface area contributed by atoms with Crippen LogP contribution < -0.4 is 16.1 Å². The van der Waals surface area contributed by atoms with Crippen molar-refractivity contribution in [1.82, 2.24) is 30.0 Å². The van der Waals surface area contributed by atoms with Gasteiger partial charge in [-0.1, -0.05) is 42.5 Å². The second-order valence-corrected chi connectivity index (χ2v) is 8.63. The summed E-state index contributed by atoms with van der Waals surface area (Å²) in [6.07, 6.45) is 1.68. The smallest absolute Gasteiger partial charge is 0.268 e. The fourth-order valence-electron chi connectivity index (χ4n) is 3.98. The number of nitrogens with one attached hydrogen (secondary N) is 3. The minimum Gasteiger partial charge on any atom is -0.350 e. The van der Waals surface area contributed by atoms with Crippen LogP contribution in [0.25, 0.3) is 22.4 Å². The van der Waals surface area contributed by atoms with Gasteiger partial charge in [0.05, 0.1) is 16.6 Å². The number of carbonyl (C=O) groups excluding carboxylic acids is 1. The summed E-state index contributed by atoms with van der Waals surface area (Å²) in [5.41, 5.74) is 2.70. The van der Waals surface area contributed by atoms with Crippen molar-refractivity contribution >= 4 is 28.3 Å². The van der Waals surface area contributed by atoms with Crippen LogP contribution in [0.2, 0.25) is 0 Å². The van der Waals surface area contributed by atoms with Crippen LogP contribution in [0, 0.1) is 0 Å². The van der Waals surface area contributed by atoms with E-state index in [0.29, 0.717) is 40.5 Å². The number of aromatic amines is 1. The first-order chi connectivity index (χ1) is 17.5. The van der Waals surface area contributed by atoms with Crippen molar-refractivity contribution in [3.05, 3.63) is 101 Å². The zero-order valence-corrected chi connectivity index (χ0v) is 19.9. The molecule has 3 N–H and O–H groups in total. The number of nitrogens with zero attached hydrogens (tertiary/aromatic N) is 4. The molecule has 9 heteroatoms. The highest BCUT2D eigenvalue weighted by Gasteiger charge is 2.14. The number of benzene rings is 2. The van der Waals surface area contributed by atoms with Crippen molar-refractivity contribution < 1.29 is 4.79 Å². The summed E-state index contributed by atoms with van der Waals surface area (Å²) in [6.45, 7) is 4.47. The monoisotopic (exact) mass is 479 g/mol. The summed E-state index contributed by atoms with van der Waals surface area (Å²) in [4.78, 5) is 33.5. The van der Waals surface area contributed by atoms with E-state index >= 15 is 0 Å². The summed E-state index contributed by atoms with van der Waals surface area (Å²) in [5, 5.41) is 14.8.